The first-order valence-corrected chi connectivity index (χ1v) is 10.2. The van der Waals surface area contributed by atoms with E-state index < -0.39 is 0 Å². The fraction of sp³-hybridized carbons (Fsp3) is 0.900. The number of carbonyl (C=O) groups excluding carboxylic acids is 1. The van der Waals surface area contributed by atoms with E-state index in [0.29, 0.717) is 5.41 Å². The molecule has 5 heteroatoms. The van der Waals surface area contributed by atoms with E-state index in [-0.39, 0.29) is 11.3 Å². The lowest BCUT2D eigenvalue weighted by Crippen LogP contribution is -2.50. The van der Waals surface area contributed by atoms with Crippen LogP contribution in [-0.2, 0) is 4.79 Å². The zero-order valence-electron chi connectivity index (χ0n) is 16.4. The zero-order chi connectivity index (χ0) is 17.9. The van der Waals surface area contributed by atoms with E-state index in [1.54, 1.807) is 4.90 Å². The summed E-state index contributed by atoms with van der Waals surface area (Å²) in [5.74, 6) is 1.28. The number of amides is 1. The molecule has 0 aromatic carbocycles. The highest BCUT2D eigenvalue weighted by Crippen LogP contribution is 2.44. The van der Waals surface area contributed by atoms with Gasteiger partial charge in [0.15, 0.2) is 5.96 Å². The molecule has 2 aliphatic carbocycles. The van der Waals surface area contributed by atoms with Gasteiger partial charge in [-0.05, 0) is 37.5 Å². The molecule has 2 saturated carbocycles. The second-order valence-corrected chi connectivity index (χ2v) is 8.82. The molecule has 0 atom stereocenters. The van der Waals surface area contributed by atoms with Gasteiger partial charge in [0, 0.05) is 40.8 Å². The van der Waals surface area contributed by atoms with Crippen molar-refractivity contribution in [2.24, 2.45) is 15.8 Å². The van der Waals surface area contributed by atoms with E-state index in [1.807, 2.05) is 21.1 Å². The normalized spacial score (nSPS) is 25.4. The minimum atomic E-state index is -0.234. The van der Waals surface area contributed by atoms with E-state index in [2.05, 4.69) is 15.2 Å². The topological polar surface area (TPSA) is 47.9 Å². The van der Waals surface area contributed by atoms with Crippen LogP contribution in [0.5, 0.6) is 0 Å². The quantitative estimate of drug-likeness (QED) is 0.630. The summed E-state index contributed by atoms with van der Waals surface area (Å²) in [6, 6.07) is 0. The fourth-order valence-electron chi connectivity index (χ4n) is 5.40. The summed E-state index contributed by atoms with van der Waals surface area (Å²) < 4.78 is 0. The van der Waals surface area contributed by atoms with Gasteiger partial charge in [0.05, 0.1) is 5.41 Å². The molecule has 3 fully saturated rings. The van der Waals surface area contributed by atoms with Gasteiger partial charge in [0.1, 0.15) is 0 Å². The first kappa shape index (κ1) is 18.5. The van der Waals surface area contributed by atoms with Crippen LogP contribution in [0.4, 0.5) is 0 Å². The van der Waals surface area contributed by atoms with Crippen molar-refractivity contribution in [1.29, 1.82) is 0 Å². The molecule has 1 N–H and O–H groups in total. The van der Waals surface area contributed by atoms with Crippen molar-refractivity contribution in [3.63, 3.8) is 0 Å². The molecule has 0 bridgehead atoms. The van der Waals surface area contributed by atoms with Crippen LogP contribution in [0.2, 0.25) is 0 Å². The minimum absolute atomic E-state index is 0.234. The average Bonchev–Trinajstić information content (AvgIpc) is 3.24. The number of aliphatic imine (C=N–C) groups is 1. The number of hydrogen-bond donors (Lipinski definition) is 1. The van der Waals surface area contributed by atoms with Gasteiger partial charge in [-0.3, -0.25) is 9.79 Å². The van der Waals surface area contributed by atoms with E-state index in [0.717, 1.165) is 51.3 Å². The van der Waals surface area contributed by atoms with Gasteiger partial charge in [0.2, 0.25) is 5.91 Å². The molecule has 0 unspecified atom stereocenters. The van der Waals surface area contributed by atoms with Crippen molar-refractivity contribution in [3.8, 4) is 0 Å². The van der Waals surface area contributed by atoms with Crippen molar-refractivity contribution in [2.45, 2.75) is 64.2 Å². The Kier molecular flexibility index (Phi) is 5.59. The van der Waals surface area contributed by atoms with Crippen molar-refractivity contribution >= 4 is 11.9 Å². The maximum absolute atomic E-state index is 12.8. The molecule has 0 radical (unpaired) electrons. The fourth-order valence-corrected chi connectivity index (χ4v) is 5.40. The molecule has 0 aromatic heterocycles. The summed E-state index contributed by atoms with van der Waals surface area (Å²) in [7, 11) is 5.64. The second-order valence-electron chi connectivity index (χ2n) is 8.82. The molecular formula is C20H36N4O. The van der Waals surface area contributed by atoms with Crippen molar-refractivity contribution in [1.82, 2.24) is 15.1 Å². The molecule has 1 heterocycles. The van der Waals surface area contributed by atoms with Gasteiger partial charge < -0.3 is 15.1 Å². The van der Waals surface area contributed by atoms with E-state index in [9.17, 15) is 4.79 Å². The first-order chi connectivity index (χ1) is 12.0. The Balaban J connectivity index is 1.62. The Hall–Kier alpha value is -1.26. The predicted octanol–water partition coefficient (Wildman–Crippen LogP) is 2.87. The summed E-state index contributed by atoms with van der Waals surface area (Å²) in [6.07, 6.45) is 12.6. The van der Waals surface area contributed by atoms with Crippen LogP contribution in [0.25, 0.3) is 0 Å². The van der Waals surface area contributed by atoms with Gasteiger partial charge >= 0.3 is 0 Å². The summed E-state index contributed by atoms with van der Waals surface area (Å²) in [5, 5.41) is 3.58. The molecular weight excluding hydrogens is 312 g/mol. The molecule has 3 rings (SSSR count). The van der Waals surface area contributed by atoms with Crippen LogP contribution < -0.4 is 5.32 Å². The highest BCUT2D eigenvalue weighted by atomic mass is 16.2. The molecule has 3 aliphatic rings. The van der Waals surface area contributed by atoms with E-state index in [1.165, 1.54) is 38.5 Å². The van der Waals surface area contributed by atoms with E-state index >= 15 is 0 Å². The number of guanidine groups is 1. The van der Waals surface area contributed by atoms with Gasteiger partial charge in [-0.2, -0.15) is 0 Å². The van der Waals surface area contributed by atoms with Crippen molar-refractivity contribution < 1.29 is 4.79 Å². The van der Waals surface area contributed by atoms with Gasteiger partial charge in [-0.25, -0.2) is 0 Å². The largest absolute Gasteiger partial charge is 0.355 e. The molecule has 1 saturated heterocycles. The van der Waals surface area contributed by atoms with Crippen LogP contribution in [-0.4, -0.2) is 62.4 Å². The Morgan fingerprint density at radius 2 is 1.68 bits per heavy atom. The molecule has 1 aliphatic heterocycles. The lowest BCUT2D eigenvalue weighted by Gasteiger charge is -2.35. The van der Waals surface area contributed by atoms with Crippen LogP contribution in [0.15, 0.2) is 4.99 Å². The maximum Gasteiger partial charge on any atom is 0.230 e. The Morgan fingerprint density at radius 1 is 1.04 bits per heavy atom. The summed E-state index contributed by atoms with van der Waals surface area (Å²) >= 11 is 0. The number of carbonyl (C=O) groups is 1. The highest BCUT2D eigenvalue weighted by molar-refractivity contribution is 5.85. The minimum Gasteiger partial charge on any atom is -0.355 e. The van der Waals surface area contributed by atoms with Crippen molar-refractivity contribution in [2.75, 3.05) is 40.8 Å². The van der Waals surface area contributed by atoms with Crippen LogP contribution in [0.3, 0.4) is 0 Å². The van der Waals surface area contributed by atoms with E-state index in [4.69, 9.17) is 0 Å². The third kappa shape index (κ3) is 3.80. The predicted molar refractivity (Wildman–Crippen MR) is 103 cm³/mol. The second kappa shape index (κ2) is 7.55. The number of likely N-dealkylation sites (tertiary alicyclic amines) is 1. The van der Waals surface area contributed by atoms with Crippen LogP contribution >= 0.6 is 0 Å². The SMILES string of the molecule is CN=C(NCC1(C(=O)N(C)C)CCCC1)N1CCC2(CCCCC2)C1. The number of hydrogen-bond acceptors (Lipinski definition) is 2. The maximum atomic E-state index is 12.8. The molecule has 0 aromatic rings. The van der Waals surface area contributed by atoms with Gasteiger partial charge in [-0.15, -0.1) is 0 Å². The zero-order valence-corrected chi connectivity index (χ0v) is 16.4. The third-order valence-electron chi connectivity index (χ3n) is 6.87. The molecule has 1 amide bonds. The van der Waals surface area contributed by atoms with Gasteiger partial charge in [0.25, 0.3) is 0 Å². The van der Waals surface area contributed by atoms with Crippen LogP contribution in [0, 0.1) is 10.8 Å². The number of rotatable bonds is 3. The van der Waals surface area contributed by atoms with Gasteiger partial charge in [-0.1, -0.05) is 32.1 Å². The summed E-state index contributed by atoms with van der Waals surface area (Å²) in [4.78, 5) is 21.5. The third-order valence-corrected chi connectivity index (χ3v) is 6.87. The molecule has 142 valence electrons. The van der Waals surface area contributed by atoms with Crippen molar-refractivity contribution in [3.05, 3.63) is 0 Å². The Labute approximate surface area is 153 Å². The summed E-state index contributed by atoms with van der Waals surface area (Å²) in [5.41, 5.74) is 0.294. The summed E-state index contributed by atoms with van der Waals surface area (Å²) in [6.45, 7) is 2.97. The molecule has 1 spiro atoms. The molecule has 5 nitrogen and oxygen atoms in total. The number of nitrogens with one attached hydrogen (secondary N) is 1. The Morgan fingerprint density at radius 3 is 2.28 bits per heavy atom. The first-order valence-electron chi connectivity index (χ1n) is 10.2. The van der Waals surface area contributed by atoms with Crippen LogP contribution in [0.1, 0.15) is 64.2 Å². The highest BCUT2D eigenvalue weighted by Gasteiger charge is 2.43. The Bertz CT molecular complexity index is 502. The smallest absolute Gasteiger partial charge is 0.230 e. The standard InChI is InChI=1S/C20H36N4O/c1-21-18(24-14-13-19(16-24)9-5-4-6-10-19)22-15-20(11-7-8-12-20)17(25)23(2)3/h4-16H2,1-3H3,(H,21,22). The lowest BCUT2D eigenvalue weighted by molar-refractivity contribution is -0.138. The molecule has 25 heavy (non-hydrogen) atoms. The lowest BCUT2D eigenvalue weighted by atomic mass is 9.73. The monoisotopic (exact) mass is 348 g/mol. The number of nitrogens with zero attached hydrogens (tertiary/aromatic N) is 3. The average molecular weight is 349 g/mol.